The average Bonchev–Trinajstić information content (AvgIpc) is 3.18. The van der Waals surface area contributed by atoms with Crippen molar-refractivity contribution in [3.8, 4) is 11.4 Å². The Hall–Kier alpha value is -3.40. The second kappa shape index (κ2) is 7.55. The number of benzene rings is 2. The van der Waals surface area contributed by atoms with E-state index in [4.69, 9.17) is 4.74 Å². The second-order valence-electron chi connectivity index (χ2n) is 7.80. The van der Waals surface area contributed by atoms with Gasteiger partial charge >= 0.3 is 5.97 Å². The lowest BCUT2D eigenvalue weighted by molar-refractivity contribution is -0.151. The van der Waals surface area contributed by atoms with Gasteiger partial charge < -0.3 is 9.72 Å². The van der Waals surface area contributed by atoms with E-state index >= 15 is 0 Å². The van der Waals surface area contributed by atoms with Crippen molar-refractivity contribution in [2.75, 3.05) is 7.11 Å². The third-order valence-corrected chi connectivity index (χ3v) is 5.49. The van der Waals surface area contributed by atoms with Gasteiger partial charge in [-0.3, -0.25) is 9.78 Å². The van der Waals surface area contributed by atoms with Crippen molar-refractivity contribution in [1.82, 2.24) is 9.97 Å². The Morgan fingerprint density at radius 1 is 0.966 bits per heavy atom. The van der Waals surface area contributed by atoms with Gasteiger partial charge in [-0.15, -0.1) is 0 Å². The Balaban J connectivity index is 1.83. The van der Waals surface area contributed by atoms with Crippen LogP contribution in [0.2, 0.25) is 0 Å². The summed E-state index contributed by atoms with van der Waals surface area (Å²) in [5.41, 5.74) is 4.36. The van der Waals surface area contributed by atoms with Gasteiger partial charge in [0.05, 0.1) is 23.9 Å². The topological polar surface area (TPSA) is 55.0 Å². The van der Waals surface area contributed by atoms with E-state index < -0.39 is 5.41 Å². The lowest BCUT2D eigenvalue weighted by Gasteiger charge is -2.32. The van der Waals surface area contributed by atoms with Gasteiger partial charge in [-0.05, 0) is 55.3 Å². The summed E-state index contributed by atoms with van der Waals surface area (Å²) >= 11 is 0. The monoisotopic (exact) mass is 384 g/mol. The smallest absolute Gasteiger partial charge is 0.312 e. The SMILES string of the molecule is COC(=O)C(C)(C)C(c1ccccc1)c1ccc2[nH]c(-c3ccccn3)cc2c1. The lowest BCUT2D eigenvalue weighted by Crippen LogP contribution is -2.33. The molecule has 1 atom stereocenters. The van der Waals surface area contributed by atoms with Crippen LogP contribution in [0.4, 0.5) is 0 Å². The number of hydrogen-bond acceptors (Lipinski definition) is 3. The fraction of sp³-hybridized carbons (Fsp3) is 0.200. The number of aromatic amines is 1. The summed E-state index contributed by atoms with van der Waals surface area (Å²) in [4.78, 5) is 20.5. The fourth-order valence-corrected chi connectivity index (χ4v) is 4.04. The standard InChI is InChI=1S/C25H24N2O2/c1-25(2,24(28)29-3)23(17-9-5-4-6-10-17)18-12-13-20-19(15-18)16-22(27-20)21-11-7-8-14-26-21/h4-16,23,27H,1-3H3. The van der Waals surface area contributed by atoms with Crippen LogP contribution in [0.3, 0.4) is 0 Å². The summed E-state index contributed by atoms with van der Waals surface area (Å²) in [7, 11) is 1.45. The number of carbonyl (C=O) groups is 1. The Labute approximate surface area is 170 Å². The summed E-state index contributed by atoms with van der Waals surface area (Å²) < 4.78 is 5.14. The van der Waals surface area contributed by atoms with Crippen LogP contribution in [-0.4, -0.2) is 23.0 Å². The molecule has 29 heavy (non-hydrogen) atoms. The van der Waals surface area contributed by atoms with Crippen molar-refractivity contribution < 1.29 is 9.53 Å². The Kier molecular flexibility index (Phi) is 4.93. The molecule has 2 aromatic heterocycles. The molecule has 4 heteroatoms. The van der Waals surface area contributed by atoms with E-state index in [9.17, 15) is 4.79 Å². The molecule has 0 aliphatic rings. The number of rotatable bonds is 5. The van der Waals surface area contributed by atoms with Crippen LogP contribution in [0.1, 0.15) is 30.9 Å². The summed E-state index contributed by atoms with van der Waals surface area (Å²) in [6, 6.07) is 24.4. The molecular formula is C25H24N2O2. The number of fused-ring (bicyclic) bond motifs is 1. The highest BCUT2D eigenvalue weighted by Crippen LogP contribution is 2.42. The fourth-order valence-electron chi connectivity index (χ4n) is 4.04. The van der Waals surface area contributed by atoms with Gasteiger partial charge in [-0.25, -0.2) is 0 Å². The molecule has 4 nitrogen and oxygen atoms in total. The number of esters is 1. The molecule has 2 aromatic carbocycles. The first-order valence-electron chi connectivity index (χ1n) is 9.68. The molecule has 0 aliphatic heterocycles. The van der Waals surface area contributed by atoms with Gasteiger partial charge in [0.25, 0.3) is 0 Å². The van der Waals surface area contributed by atoms with E-state index in [1.165, 1.54) is 7.11 Å². The molecule has 0 spiro atoms. The van der Waals surface area contributed by atoms with E-state index in [2.05, 4.69) is 46.4 Å². The van der Waals surface area contributed by atoms with E-state index in [0.29, 0.717) is 0 Å². The molecule has 1 N–H and O–H groups in total. The number of nitrogens with one attached hydrogen (secondary N) is 1. The van der Waals surface area contributed by atoms with E-state index in [1.807, 2.05) is 50.2 Å². The minimum absolute atomic E-state index is 0.131. The Morgan fingerprint density at radius 2 is 1.72 bits per heavy atom. The first-order valence-corrected chi connectivity index (χ1v) is 9.68. The normalized spacial score (nSPS) is 12.7. The number of methoxy groups -OCH3 is 1. The minimum atomic E-state index is -0.718. The van der Waals surface area contributed by atoms with Crippen LogP contribution in [0.25, 0.3) is 22.3 Å². The van der Waals surface area contributed by atoms with Crippen molar-refractivity contribution in [3.63, 3.8) is 0 Å². The van der Waals surface area contributed by atoms with E-state index in [1.54, 1.807) is 6.20 Å². The van der Waals surface area contributed by atoms with Crippen LogP contribution in [0.5, 0.6) is 0 Å². The molecule has 4 rings (SSSR count). The molecule has 1 unspecified atom stereocenters. The Bertz CT molecular complexity index is 1130. The molecule has 0 radical (unpaired) electrons. The highest BCUT2D eigenvalue weighted by molar-refractivity contribution is 5.86. The van der Waals surface area contributed by atoms with Crippen LogP contribution in [0, 0.1) is 5.41 Å². The van der Waals surface area contributed by atoms with Crippen LogP contribution >= 0.6 is 0 Å². The molecular weight excluding hydrogens is 360 g/mol. The maximum atomic E-state index is 12.6. The van der Waals surface area contributed by atoms with Gasteiger partial charge in [0.15, 0.2) is 0 Å². The molecule has 4 aromatic rings. The minimum Gasteiger partial charge on any atom is -0.469 e. The molecule has 0 fully saturated rings. The molecule has 0 aliphatic carbocycles. The molecule has 0 bridgehead atoms. The van der Waals surface area contributed by atoms with Crippen molar-refractivity contribution in [1.29, 1.82) is 0 Å². The van der Waals surface area contributed by atoms with Crippen LogP contribution < -0.4 is 0 Å². The molecule has 146 valence electrons. The maximum absolute atomic E-state index is 12.6. The quantitative estimate of drug-likeness (QED) is 0.458. The number of nitrogens with zero attached hydrogens (tertiary/aromatic N) is 1. The third kappa shape index (κ3) is 3.54. The van der Waals surface area contributed by atoms with E-state index in [-0.39, 0.29) is 11.9 Å². The first-order chi connectivity index (χ1) is 14.0. The van der Waals surface area contributed by atoms with Gasteiger partial charge in [-0.1, -0.05) is 42.5 Å². The number of ether oxygens (including phenoxy) is 1. The highest BCUT2D eigenvalue weighted by atomic mass is 16.5. The van der Waals surface area contributed by atoms with Gasteiger partial charge in [-0.2, -0.15) is 0 Å². The molecule has 0 amide bonds. The van der Waals surface area contributed by atoms with Gasteiger partial charge in [0, 0.05) is 23.0 Å². The zero-order valence-electron chi connectivity index (χ0n) is 16.8. The zero-order valence-corrected chi connectivity index (χ0v) is 16.8. The van der Waals surface area contributed by atoms with Gasteiger partial charge in [0.1, 0.15) is 0 Å². The number of pyridine rings is 1. The third-order valence-electron chi connectivity index (χ3n) is 5.49. The molecule has 2 heterocycles. The summed E-state index contributed by atoms with van der Waals surface area (Å²) in [6.07, 6.45) is 1.79. The van der Waals surface area contributed by atoms with Crippen molar-refractivity contribution >= 4 is 16.9 Å². The highest BCUT2D eigenvalue weighted by Gasteiger charge is 2.39. The van der Waals surface area contributed by atoms with Gasteiger partial charge in [0.2, 0.25) is 0 Å². The average molecular weight is 384 g/mol. The first kappa shape index (κ1) is 18.9. The summed E-state index contributed by atoms with van der Waals surface area (Å²) in [5.74, 6) is -0.358. The summed E-state index contributed by atoms with van der Waals surface area (Å²) in [6.45, 7) is 3.88. The number of carbonyl (C=O) groups excluding carboxylic acids is 1. The van der Waals surface area contributed by atoms with Crippen LogP contribution in [-0.2, 0) is 9.53 Å². The molecule has 0 saturated heterocycles. The predicted octanol–water partition coefficient (Wildman–Crippen LogP) is 5.56. The lowest BCUT2D eigenvalue weighted by atomic mass is 9.71. The number of hydrogen-bond donors (Lipinski definition) is 1. The number of aromatic nitrogens is 2. The van der Waals surface area contributed by atoms with Crippen molar-refractivity contribution in [3.05, 3.63) is 90.1 Å². The zero-order chi connectivity index (χ0) is 20.4. The van der Waals surface area contributed by atoms with Crippen molar-refractivity contribution in [2.45, 2.75) is 19.8 Å². The van der Waals surface area contributed by atoms with E-state index in [0.717, 1.165) is 33.4 Å². The second-order valence-corrected chi connectivity index (χ2v) is 7.80. The predicted molar refractivity (Wildman–Crippen MR) is 116 cm³/mol. The molecule has 0 saturated carbocycles. The van der Waals surface area contributed by atoms with Crippen molar-refractivity contribution in [2.24, 2.45) is 5.41 Å². The summed E-state index contributed by atoms with van der Waals surface area (Å²) in [5, 5.41) is 1.09. The number of H-pyrrole nitrogens is 1. The Morgan fingerprint density at radius 3 is 2.41 bits per heavy atom. The maximum Gasteiger partial charge on any atom is 0.312 e. The van der Waals surface area contributed by atoms with Crippen LogP contribution in [0.15, 0.2) is 79.0 Å². The largest absolute Gasteiger partial charge is 0.469 e.